The quantitative estimate of drug-likeness (QED) is 0.617. The largest absolute Gasteiger partial charge is 0.354 e. The molecular weight excluding hydrogens is 252 g/mol. The van der Waals surface area contributed by atoms with Gasteiger partial charge in [0.25, 0.3) is 0 Å². The predicted octanol–water partition coefficient (Wildman–Crippen LogP) is 0.999. The van der Waals surface area contributed by atoms with Crippen molar-refractivity contribution in [3.63, 3.8) is 0 Å². The Bertz CT molecular complexity index is 451. The van der Waals surface area contributed by atoms with Crippen LogP contribution in [0, 0.1) is 0 Å². The molecular formula is C14H24N6. The molecule has 110 valence electrons. The molecule has 0 atom stereocenters. The van der Waals surface area contributed by atoms with E-state index in [-0.39, 0.29) is 0 Å². The van der Waals surface area contributed by atoms with E-state index in [1.54, 1.807) is 0 Å². The maximum absolute atomic E-state index is 5.52. The summed E-state index contributed by atoms with van der Waals surface area (Å²) in [5, 5.41) is 0. The molecule has 1 aromatic rings. The fourth-order valence-corrected chi connectivity index (χ4v) is 2.81. The Morgan fingerprint density at radius 2 is 2.00 bits per heavy atom. The number of nitrogen functional groups attached to an aromatic ring is 1. The van der Waals surface area contributed by atoms with Crippen LogP contribution in [-0.4, -0.2) is 47.1 Å². The number of rotatable bonds is 5. The SMILES string of the molecule is CCCc1nc(NN)cc(N2CCN(C3CC3)CC2)n1. The summed E-state index contributed by atoms with van der Waals surface area (Å²) in [5.74, 6) is 8.11. The zero-order valence-corrected chi connectivity index (χ0v) is 12.2. The van der Waals surface area contributed by atoms with Crippen molar-refractivity contribution in [3.05, 3.63) is 11.9 Å². The normalized spacial score (nSPS) is 20.2. The van der Waals surface area contributed by atoms with E-state index in [9.17, 15) is 0 Å². The molecule has 0 amide bonds. The minimum atomic E-state index is 0.711. The Morgan fingerprint density at radius 3 is 2.60 bits per heavy atom. The molecule has 0 spiro atoms. The maximum Gasteiger partial charge on any atom is 0.145 e. The molecule has 2 fully saturated rings. The molecule has 1 aromatic heterocycles. The molecule has 20 heavy (non-hydrogen) atoms. The van der Waals surface area contributed by atoms with Gasteiger partial charge in [0.05, 0.1) is 0 Å². The van der Waals surface area contributed by atoms with Crippen LogP contribution in [-0.2, 0) is 6.42 Å². The van der Waals surface area contributed by atoms with Crippen LogP contribution < -0.4 is 16.2 Å². The van der Waals surface area contributed by atoms with Gasteiger partial charge in [0.2, 0.25) is 0 Å². The van der Waals surface area contributed by atoms with Crippen LogP contribution in [0.4, 0.5) is 11.6 Å². The maximum atomic E-state index is 5.52. The molecule has 1 saturated heterocycles. The van der Waals surface area contributed by atoms with Crippen molar-refractivity contribution in [3.8, 4) is 0 Å². The lowest BCUT2D eigenvalue weighted by atomic mass is 10.3. The zero-order chi connectivity index (χ0) is 13.9. The average molecular weight is 276 g/mol. The molecule has 0 radical (unpaired) electrons. The van der Waals surface area contributed by atoms with Crippen LogP contribution in [0.1, 0.15) is 32.0 Å². The van der Waals surface area contributed by atoms with Crippen LogP contribution in [0.3, 0.4) is 0 Å². The molecule has 1 aliphatic heterocycles. The lowest BCUT2D eigenvalue weighted by molar-refractivity contribution is 0.247. The molecule has 0 unspecified atom stereocenters. The minimum Gasteiger partial charge on any atom is -0.354 e. The third-order valence-electron chi connectivity index (χ3n) is 4.08. The Kier molecular flexibility index (Phi) is 4.03. The van der Waals surface area contributed by atoms with Gasteiger partial charge in [-0.05, 0) is 19.3 Å². The van der Waals surface area contributed by atoms with E-state index < -0.39 is 0 Å². The second kappa shape index (κ2) is 5.93. The Morgan fingerprint density at radius 1 is 1.25 bits per heavy atom. The summed E-state index contributed by atoms with van der Waals surface area (Å²) in [6.07, 6.45) is 4.71. The lowest BCUT2D eigenvalue weighted by Gasteiger charge is -2.35. The monoisotopic (exact) mass is 276 g/mol. The standard InChI is InChI=1S/C14H24N6/c1-2-3-12-16-13(18-15)10-14(17-12)20-8-6-19(7-9-20)11-4-5-11/h10-11H,2-9,15H2,1H3,(H,16,17,18). The van der Waals surface area contributed by atoms with Crippen LogP contribution in [0.5, 0.6) is 0 Å². The fourth-order valence-electron chi connectivity index (χ4n) is 2.81. The predicted molar refractivity (Wildman–Crippen MR) is 80.6 cm³/mol. The van der Waals surface area contributed by atoms with Crippen LogP contribution >= 0.6 is 0 Å². The molecule has 0 aromatic carbocycles. The van der Waals surface area contributed by atoms with Crippen molar-refractivity contribution in [1.82, 2.24) is 14.9 Å². The number of anilines is 2. The van der Waals surface area contributed by atoms with E-state index in [1.807, 2.05) is 6.07 Å². The molecule has 2 heterocycles. The summed E-state index contributed by atoms with van der Waals surface area (Å²) in [5.41, 5.74) is 2.65. The van der Waals surface area contributed by atoms with Crippen molar-refractivity contribution < 1.29 is 0 Å². The Labute approximate surface area is 120 Å². The Hall–Kier alpha value is -1.40. The van der Waals surface area contributed by atoms with E-state index in [2.05, 4.69) is 32.1 Å². The van der Waals surface area contributed by atoms with Crippen molar-refractivity contribution in [2.75, 3.05) is 36.5 Å². The van der Waals surface area contributed by atoms with Gasteiger partial charge in [-0.3, -0.25) is 4.90 Å². The number of aryl methyl sites for hydroxylation is 1. The number of hydrazine groups is 1. The lowest BCUT2D eigenvalue weighted by Crippen LogP contribution is -2.47. The van der Waals surface area contributed by atoms with Gasteiger partial charge in [0.1, 0.15) is 17.5 Å². The van der Waals surface area contributed by atoms with E-state index in [1.165, 1.54) is 12.8 Å². The summed E-state index contributed by atoms with van der Waals surface area (Å²) in [6, 6.07) is 2.81. The van der Waals surface area contributed by atoms with E-state index in [0.717, 1.165) is 56.7 Å². The average Bonchev–Trinajstić information content (AvgIpc) is 3.32. The first-order valence-corrected chi connectivity index (χ1v) is 7.63. The van der Waals surface area contributed by atoms with Gasteiger partial charge in [-0.25, -0.2) is 15.8 Å². The van der Waals surface area contributed by atoms with Gasteiger partial charge < -0.3 is 10.3 Å². The first-order chi connectivity index (χ1) is 9.80. The third kappa shape index (κ3) is 3.02. The highest BCUT2D eigenvalue weighted by molar-refractivity contribution is 5.49. The van der Waals surface area contributed by atoms with Gasteiger partial charge in [-0.2, -0.15) is 0 Å². The highest BCUT2D eigenvalue weighted by Crippen LogP contribution is 2.28. The summed E-state index contributed by atoms with van der Waals surface area (Å²) >= 11 is 0. The van der Waals surface area contributed by atoms with Gasteiger partial charge in [-0.1, -0.05) is 6.92 Å². The van der Waals surface area contributed by atoms with Crippen LogP contribution in [0.2, 0.25) is 0 Å². The van der Waals surface area contributed by atoms with Crippen LogP contribution in [0.15, 0.2) is 6.07 Å². The summed E-state index contributed by atoms with van der Waals surface area (Å²) in [6.45, 7) is 6.51. The van der Waals surface area contributed by atoms with Gasteiger partial charge >= 0.3 is 0 Å². The highest BCUT2D eigenvalue weighted by Gasteiger charge is 2.31. The van der Waals surface area contributed by atoms with Crippen molar-refractivity contribution in [1.29, 1.82) is 0 Å². The molecule has 6 heteroatoms. The topological polar surface area (TPSA) is 70.3 Å². The van der Waals surface area contributed by atoms with E-state index in [0.29, 0.717) is 5.82 Å². The number of hydrogen-bond acceptors (Lipinski definition) is 6. The van der Waals surface area contributed by atoms with Gasteiger partial charge in [0, 0.05) is 44.7 Å². The second-order valence-electron chi connectivity index (χ2n) is 5.68. The third-order valence-corrected chi connectivity index (χ3v) is 4.08. The molecule has 6 nitrogen and oxygen atoms in total. The Balaban J connectivity index is 1.70. The molecule has 3 rings (SSSR count). The number of hydrogen-bond donors (Lipinski definition) is 2. The van der Waals surface area contributed by atoms with E-state index >= 15 is 0 Å². The van der Waals surface area contributed by atoms with Gasteiger partial charge in [-0.15, -0.1) is 0 Å². The van der Waals surface area contributed by atoms with Crippen molar-refractivity contribution in [2.24, 2.45) is 5.84 Å². The number of aromatic nitrogens is 2. The molecule has 0 bridgehead atoms. The first kappa shape index (κ1) is 13.6. The molecule has 1 aliphatic carbocycles. The summed E-state index contributed by atoms with van der Waals surface area (Å²) in [7, 11) is 0. The van der Waals surface area contributed by atoms with Crippen molar-refractivity contribution in [2.45, 2.75) is 38.6 Å². The highest BCUT2D eigenvalue weighted by atomic mass is 15.3. The fraction of sp³-hybridized carbons (Fsp3) is 0.714. The first-order valence-electron chi connectivity index (χ1n) is 7.63. The zero-order valence-electron chi connectivity index (χ0n) is 12.2. The smallest absolute Gasteiger partial charge is 0.145 e. The number of nitrogens with zero attached hydrogens (tertiary/aromatic N) is 4. The number of nitrogens with one attached hydrogen (secondary N) is 1. The second-order valence-corrected chi connectivity index (χ2v) is 5.68. The minimum absolute atomic E-state index is 0.711. The summed E-state index contributed by atoms with van der Waals surface area (Å²) in [4.78, 5) is 14.0. The van der Waals surface area contributed by atoms with Crippen LogP contribution in [0.25, 0.3) is 0 Å². The van der Waals surface area contributed by atoms with Crippen molar-refractivity contribution >= 4 is 11.6 Å². The summed E-state index contributed by atoms with van der Waals surface area (Å²) < 4.78 is 0. The van der Waals surface area contributed by atoms with Gasteiger partial charge in [0.15, 0.2) is 0 Å². The molecule has 1 saturated carbocycles. The molecule has 3 N–H and O–H groups in total. The van der Waals surface area contributed by atoms with E-state index in [4.69, 9.17) is 5.84 Å². The molecule has 2 aliphatic rings. The number of nitrogens with two attached hydrogens (primary N) is 1. The number of piperazine rings is 1.